The number of amides is 1. The highest BCUT2D eigenvalue weighted by atomic mass is 32.1. The summed E-state index contributed by atoms with van der Waals surface area (Å²) in [5.41, 5.74) is 0.114. The first-order valence-corrected chi connectivity index (χ1v) is 13.5. The van der Waals surface area contributed by atoms with Crippen LogP contribution in [0.4, 0.5) is 14.9 Å². The van der Waals surface area contributed by atoms with Gasteiger partial charge in [0.05, 0.1) is 22.7 Å². The van der Waals surface area contributed by atoms with Gasteiger partial charge in [-0.25, -0.2) is 9.18 Å². The summed E-state index contributed by atoms with van der Waals surface area (Å²) < 4.78 is 26.7. The molecule has 214 valence electrons. The summed E-state index contributed by atoms with van der Waals surface area (Å²) in [6.45, 7) is 10.7. The van der Waals surface area contributed by atoms with E-state index in [1.807, 2.05) is 13.0 Å². The number of aldehydes is 1. The molecule has 10 heteroatoms. The second-order valence-corrected chi connectivity index (χ2v) is 12.1. The van der Waals surface area contributed by atoms with Crippen molar-refractivity contribution >= 4 is 35.4 Å². The van der Waals surface area contributed by atoms with Crippen LogP contribution in [0.5, 0.6) is 0 Å². The normalized spacial score (nSPS) is 16.2. The van der Waals surface area contributed by atoms with Crippen LogP contribution in [0.3, 0.4) is 0 Å². The summed E-state index contributed by atoms with van der Waals surface area (Å²) in [5, 5.41) is 12.4. The van der Waals surface area contributed by atoms with Gasteiger partial charge in [-0.15, -0.1) is 0 Å². The van der Waals surface area contributed by atoms with Gasteiger partial charge in [0.1, 0.15) is 24.3 Å². The van der Waals surface area contributed by atoms with Gasteiger partial charge in [-0.2, -0.15) is 5.26 Å². The summed E-state index contributed by atoms with van der Waals surface area (Å²) in [7, 11) is 1.76. The molecule has 2 aliphatic carbocycles. The summed E-state index contributed by atoms with van der Waals surface area (Å²) in [4.78, 5) is 27.7. The molecular formula is C30H37FN4O4S. The quantitative estimate of drug-likeness (QED) is 0.303. The number of rotatable bonds is 8. The molecule has 0 saturated heterocycles. The SMILES string of the molecule is Cc1cc(N(C)C(=S)N(C2=CC(F)=C(OCC3(NC(=O)OC(C)(C)C)CC3)CC=C2)C(C)(C)C=O)ccc1C#N. The lowest BCUT2D eigenvalue weighted by atomic mass is 10.0. The maximum atomic E-state index is 15.5. The molecule has 0 heterocycles. The number of hydrogen-bond donors (Lipinski definition) is 1. The third kappa shape index (κ3) is 7.48. The predicted octanol–water partition coefficient (Wildman–Crippen LogP) is 5.97. The number of anilines is 1. The van der Waals surface area contributed by atoms with Gasteiger partial charge in [0.2, 0.25) is 0 Å². The molecule has 0 atom stereocenters. The number of allylic oxidation sites excluding steroid dienone is 4. The van der Waals surface area contributed by atoms with Gasteiger partial charge in [0.25, 0.3) is 0 Å². The van der Waals surface area contributed by atoms with Crippen molar-refractivity contribution in [3.05, 3.63) is 64.8 Å². The van der Waals surface area contributed by atoms with Crippen molar-refractivity contribution in [2.75, 3.05) is 18.6 Å². The molecular weight excluding hydrogens is 531 g/mol. The lowest BCUT2D eigenvalue weighted by Gasteiger charge is -2.40. The Labute approximate surface area is 241 Å². The van der Waals surface area contributed by atoms with E-state index in [0.29, 0.717) is 24.1 Å². The Bertz CT molecular complexity index is 1320. The van der Waals surface area contributed by atoms with E-state index in [-0.39, 0.29) is 23.9 Å². The highest BCUT2D eigenvalue weighted by molar-refractivity contribution is 7.80. The molecule has 0 unspecified atom stereocenters. The van der Waals surface area contributed by atoms with Crippen LogP contribution in [0, 0.1) is 18.3 Å². The zero-order valence-corrected chi connectivity index (χ0v) is 24.9. The van der Waals surface area contributed by atoms with Crippen LogP contribution in [0.25, 0.3) is 0 Å². The van der Waals surface area contributed by atoms with Gasteiger partial charge in [0.15, 0.2) is 10.9 Å². The minimum Gasteiger partial charge on any atom is -0.492 e. The maximum Gasteiger partial charge on any atom is 0.408 e. The number of halogens is 1. The number of nitriles is 1. The number of nitrogens with zero attached hydrogens (tertiary/aromatic N) is 3. The molecule has 3 rings (SSSR count). The number of benzene rings is 1. The Balaban J connectivity index is 1.83. The van der Waals surface area contributed by atoms with E-state index < -0.39 is 28.6 Å². The lowest BCUT2D eigenvalue weighted by molar-refractivity contribution is -0.114. The first kappa shape index (κ1) is 30.8. The number of nitrogens with one attached hydrogen (secondary N) is 1. The van der Waals surface area contributed by atoms with Crippen LogP contribution in [-0.2, 0) is 14.3 Å². The largest absolute Gasteiger partial charge is 0.492 e. The van der Waals surface area contributed by atoms with Gasteiger partial charge in [-0.1, -0.05) is 6.08 Å². The van der Waals surface area contributed by atoms with E-state index in [9.17, 15) is 14.9 Å². The van der Waals surface area contributed by atoms with Crippen molar-refractivity contribution < 1.29 is 23.5 Å². The molecule has 40 heavy (non-hydrogen) atoms. The highest BCUT2D eigenvalue weighted by Crippen LogP contribution is 2.37. The summed E-state index contributed by atoms with van der Waals surface area (Å²) in [6, 6.07) is 7.46. The monoisotopic (exact) mass is 568 g/mol. The molecule has 2 aliphatic rings. The number of ether oxygens (including phenoxy) is 2. The standard InChI is InChI=1S/C30H37FN4O4S/c1-20-15-22(12-11-21(20)17-32)34(7)27(40)35(29(5,6)18-36)23-9-8-10-25(24(31)16-23)38-19-30(13-14-30)33-26(37)39-28(2,3)4/h8-9,11-12,15-16,18H,10,13-14,19H2,1-7H3,(H,33,37). The van der Waals surface area contributed by atoms with Crippen LogP contribution < -0.4 is 10.2 Å². The number of carbonyl (C=O) groups excluding carboxylic acids is 2. The van der Waals surface area contributed by atoms with Gasteiger partial charge < -0.3 is 29.4 Å². The summed E-state index contributed by atoms with van der Waals surface area (Å²) in [6.07, 6.45) is 6.57. The van der Waals surface area contributed by atoms with Crippen molar-refractivity contribution in [1.82, 2.24) is 10.2 Å². The van der Waals surface area contributed by atoms with Crippen LogP contribution in [0.2, 0.25) is 0 Å². The van der Waals surface area contributed by atoms with Crippen LogP contribution >= 0.6 is 12.2 Å². The Hall–Kier alpha value is -3.71. The van der Waals surface area contributed by atoms with E-state index in [4.69, 9.17) is 21.7 Å². The van der Waals surface area contributed by atoms with E-state index in [1.165, 1.54) is 6.08 Å². The molecule has 8 nitrogen and oxygen atoms in total. The molecule has 0 spiro atoms. The topological polar surface area (TPSA) is 94.9 Å². The maximum absolute atomic E-state index is 15.5. The number of thiocarbonyl (C=S) groups is 1. The third-order valence-corrected chi connectivity index (χ3v) is 7.05. The van der Waals surface area contributed by atoms with E-state index >= 15 is 4.39 Å². The molecule has 1 amide bonds. The molecule has 1 N–H and O–H groups in total. The number of aryl methyl sites for hydroxylation is 1. The van der Waals surface area contributed by atoms with Crippen LogP contribution in [-0.4, -0.2) is 52.7 Å². The van der Waals surface area contributed by atoms with E-state index in [2.05, 4.69) is 11.4 Å². The summed E-state index contributed by atoms with van der Waals surface area (Å²) in [5.74, 6) is -0.478. The average Bonchev–Trinajstić information content (AvgIpc) is 3.64. The van der Waals surface area contributed by atoms with E-state index in [0.717, 1.165) is 17.5 Å². The fourth-order valence-corrected chi connectivity index (χ4v) is 4.54. The van der Waals surface area contributed by atoms with Crippen molar-refractivity contribution in [1.29, 1.82) is 5.26 Å². The average molecular weight is 569 g/mol. The molecule has 1 aromatic rings. The molecule has 0 radical (unpaired) electrons. The Morgan fingerprint density at radius 3 is 2.50 bits per heavy atom. The third-order valence-electron chi connectivity index (χ3n) is 6.59. The molecule has 1 saturated carbocycles. The van der Waals surface area contributed by atoms with Gasteiger partial charge in [0, 0.05) is 30.9 Å². The second kappa shape index (κ2) is 11.8. The second-order valence-electron chi connectivity index (χ2n) is 11.7. The minimum atomic E-state index is -1.11. The molecule has 0 bridgehead atoms. The smallest absolute Gasteiger partial charge is 0.408 e. The van der Waals surface area contributed by atoms with Gasteiger partial charge >= 0.3 is 6.09 Å². The van der Waals surface area contributed by atoms with E-state index in [1.54, 1.807) is 75.8 Å². The first-order chi connectivity index (χ1) is 18.6. The van der Waals surface area contributed by atoms with Crippen molar-refractivity contribution in [3.63, 3.8) is 0 Å². The molecule has 0 aromatic heterocycles. The van der Waals surface area contributed by atoms with Crippen molar-refractivity contribution in [3.8, 4) is 6.07 Å². The fraction of sp³-hybridized carbons (Fsp3) is 0.467. The molecule has 1 fully saturated rings. The van der Waals surface area contributed by atoms with Crippen LogP contribution in [0.15, 0.2) is 53.7 Å². The lowest BCUT2D eigenvalue weighted by Crippen LogP contribution is -2.52. The Morgan fingerprint density at radius 1 is 1.27 bits per heavy atom. The highest BCUT2D eigenvalue weighted by Gasteiger charge is 2.46. The van der Waals surface area contributed by atoms with Crippen molar-refractivity contribution in [2.24, 2.45) is 0 Å². The zero-order chi connectivity index (χ0) is 29.9. The first-order valence-electron chi connectivity index (χ1n) is 13.1. The Morgan fingerprint density at radius 2 is 1.95 bits per heavy atom. The number of hydrogen-bond acceptors (Lipinski definition) is 6. The van der Waals surface area contributed by atoms with Gasteiger partial charge in [-0.05, 0) is 96.4 Å². The summed E-state index contributed by atoms with van der Waals surface area (Å²) >= 11 is 5.81. The molecule has 1 aromatic carbocycles. The minimum absolute atomic E-state index is 0.106. The van der Waals surface area contributed by atoms with Crippen molar-refractivity contribution in [2.45, 2.75) is 77.5 Å². The van der Waals surface area contributed by atoms with Gasteiger partial charge in [-0.3, -0.25) is 0 Å². The number of carbonyl (C=O) groups is 2. The molecule has 0 aliphatic heterocycles. The Kier molecular flexibility index (Phi) is 9.10. The zero-order valence-electron chi connectivity index (χ0n) is 24.1. The predicted molar refractivity (Wildman–Crippen MR) is 156 cm³/mol. The number of alkyl carbamates (subject to hydrolysis) is 1. The fourth-order valence-electron chi connectivity index (χ4n) is 4.10. The van der Waals surface area contributed by atoms with Crippen LogP contribution in [0.1, 0.15) is 65.0 Å².